The number of carboxylic acid groups (broad SMARTS) is 1. The van der Waals surface area contributed by atoms with E-state index in [4.69, 9.17) is 5.11 Å². The number of likely N-dealkylation sites (tertiary alicyclic amines) is 1. The Labute approximate surface area is 136 Å². The first-order valence-corrected chi connectivity index (χ1v) is 8.94. The van der Waals surface area contributed by atoms with Crippen LogP contribution in [0.15, 0.2) is 12.1 Å². The number of thiophene rings is 1. The van der Waals surface area contributed by atoms with Crippen LogP contribution >= 0.6 is 11.3 Å². The van der Waals surface area contributed by atoms with Crippen molar-refractivity contribution in [3.63, 3.8) is 0 Å². The predicted octanol–water partition coefficient (Wildman–Crippen LogP) is 3.63. The molecule has 2 rings (SSSR count). The zero-order chi connectivity index (χ0) is 15.9. The number of hydrogen-bond acceptors (Lipinski definition) is 3. The van der Waals surface area contributed by atoms with Gasteiger partial charge in [0.2, 0.25) is 5.91 Å². The number of aryl methyl sites for hydroxylation is 2. The molecule has 4 nitrogen and oxygen atoms in total. The second-order valence-electron chi connectivity index (χ2n) is 6.04. The van der Waals surface area contributed by atoms with Crippen molar-refractivity contribution < 1.29 is 14.7 Å². The van der Waals surface area contributed by atoms with Gasteiger partial charge in [0, 0.05) is 35.2 Å². The smallest absolute Gasteiger partial charge is 0.303 e. The van der Waals surface area contributed by atoms with Crippen LogP contribution in [0.5, 0.6) is 0 Å². The number of hydrogen-bond donors (Lipinski definition) is 1. The maximum absolute atomic E-state index is 12.4. The number of aliphatic carboxylic acids is 1. The quantitative estimate of drug-likeness (QED) is 0.833. The van der Waals surface area contributed by atoms with Gasteiger partial charge in [-0.2, -0.15) is 0 Å². The fraction of sp³-hybridized carbons (Fsp3) is 0.647. The summed E-state index contributed by atoms with van der Waals surface area (Å²) in [6.45, 7) is 2.89. The van der Waals surface area contributed by atoms with E-state index in [9.17, 15) is 9.59 Å². The van der Waals surface area contributed by atoms with E-state index in [1.165, 1.54) is 9.75 Å². The fourth-order valence-corrected chi connectivity index (χ4v) is 4.03. The summed E-state index contributed by atoms with van der Waals surface area (Å²) in [6, 6.07) is 4.39. The van der Waals surface area contributed by atoms with Gasteiger partial charge in [-0.25, -0.2) is 0 Å². The molecule has 1 N–H and O–H groups in total. The van der Waals surface area contributed by atoms with Crippen LogP contribution in [0.1, 0.15) is 54.7 Å². The van der Waals surface area contributed by atoms with E-state index in [1.54, 1.807) is 11.3 Å². The molecule has 22 heavy (non-hydrogen) atoms. The summed E-state index contributed by atoms with van der Waals surface area (Å²) < 4.78 is 0. The number of nitrogens with zero attached hydrogens (tertiary/aromatic N) is 1. The molecule has 0 spiro atoms. The van der Waals surface area contributed by atoms with Crippen molar-refractivity contribution in [3.8, 4) is 0 Å². The normalized spacial score (nSPS) is 18.4. The summed E-state index contributed by atoms with van der Waals surface area (Å²) in [5, 5.41) is 8.84. The van der Waals surface area contributed by atoms with Crippen molar-refractivity contribution in [2.45, 2.75) is 64.3 Å². The highest BCUT2D eigenvalue weighted by Crippen LogP contribution is 2.23. The number of rotatable bonds is 7. The van der Waals surface area contributed by atoms with E-state index in [0.717, 1.165) is 38.6 Å². The van der Waals surface area contributed by atoms with Crippen LogP contribution in [0, 0.1) is 6.92 Å². The van der Waals surface area contributed by atoms with Gasteiger partial charge in [0.25, 0.3) is 0 Å². The molecule has 122 valence electrons. The van der Waals surface area contributed by atoms with E-state index in [-0.39, 0.29) is 18.4 Å². The first-order chi connectivity index (χ1) is 10.6. The Bertz CT molecular complexity index is 512. The number of carboxylic acids is 1. The lowest BCUT2D eigenvalue weighted by molar-refractivity contribution is -0.140. The third kappa shape index (κ3) is 5.13. The lowest BCUT2D eigenvalue weighted by Gasteiger charge is -2.35. The largest absolute Gasteiger partial charge is 0.481 e. The van der Waals surface area contributed by atoms with Crippen LogP contribution in [0.2, 0.25) is 0 Å². The van der Waals surface area contributed by atoms with Crippen molar-refractivity contribution >= 4 is 23.2 Å². The first kappa shape index (κ1) is 17.0. The second-order valence-corrected chi connectivity index (χ2v) is 7.41. The Morgan fingerprint density at radius 2 is 2.14 bits per heavy atom. The maximum atomic E-state index is 12.4. The number of amides is 1. The highest BCUT2D eigenvalue weighted by Gasteiger charge is 2.26. The van der Waals surface area contributed by atoms with E-state index in [0.29, 0.717) is 12.8 Å². The van der Waals surface area contributed by atoms with Crippen LogP contribution in [-0.4, -0.2) is 34.5 Å². The molecule has 0 radical (unpaired) electrons. The summed E-state index contributed by atoms with van der Waals surface area (Å²) in [6.07, 6.45) is 6.23. The van der Waals surface area contributed by atoms with Crippen molar-refractivity contribution in [1.29, 1.82) is 0 Å². The molecule has 1 atom stereocenters. The van der Waals surface area contributed by atoms with E-state index in [1.807, 2.05) is 4.90 Å². The Morgan fingerprint density at radius 3 is 2.82 bits per heavy atom. The monoisotopic (exact) mass is 323 g/mol. The standard InChI is InChI=1S/C17H25NO3S/c1-13-8-10-15(22-13)6-4-7-16(19)18-12-3-2-5-14(18)9-11-17(20)21/h8,10,14H,2-7,9,11-12H2,1H3,(H,20,21)/t14-/m0/s1. The molecule has 1 aromatic rings. The van der Waals surface area contributed by atoms with Crippen molar-refractivity contribution in [2.75, 3.05) is 6.54 Å². The SMILES string of the molecule is Cc1ccc(CCCC(=O)N2CCCC[C@H]2CCC(=O)O)s1. The Hall–Kier alpha value is -1.36. The van der Waals surface area contributed by atoms with E-state index in [2.05, 4.69) is 19.1 Å². The molecule has 0 aromatic carbocycles. The lowest BCUT2D eigenvalue weighted by Crippen LogP contribution is -2.43. The van der Waals surface area contributed by atoms with Gasteiger partial charge in [0.05, 0.1) is 0 Å². The Morgan fingerprint density at radius 1 is 1.32 bits per heavy atom. The van der Waals surface area contributed by atoms with Crippen LogP contribution in [-0.2, 0) is 16.0 Å². The highest BCUT2D eigenvalue weighted by atomic mass is 32.1. The van der Waals surface area contributed by atoms with Gasteiger partial charge in [-0.3, -0.25) is 9.59 Å². The van der Waals surface area contributed by atoms with Crippen LogP contribution in [0.3, 0.4) is 0 Å². The number of carbonyl (C=O) groups is 2. The van der Waals surface area contributed by atoms with E-state index < -0.39 is 5.97 Å². The summed E-state index contributed by atoms with van der Waals surface area (Å²) in [5.74, 6) is -0.575. The molecule has 2 heterocycles. The summed E-state index contributed by atoms with van der Waals surface area (Å²) in [5.41, 5.74) is 0. The molecule has 1 fully saturated rings. The van der Waals surface area contributed by atoms with E-state index >= 15 is 0 Å². The summed E-state index contributed by atoms with van der Waals surface area (Å²) >= 11 is 1.80. The van der Waals surface area contributed by atoms with Gasteiger partial charge in [0.15, 0.2) is 0 Å². The molecule has 1 aliphatic heterocycles. The van der Waals surface area contributed by atoms with Crippen molar-refractivity contribution in [2.24, 2.45) is 0 Å². The third-order valence-electron chi connectivity index (χ3n) is 4.25. The number of piperidine rings is 1. The third-order valence-corrected chi connectivity index (χ3v) is 5.31. The Balaban J connectivity index is 1.79. The average Bonchev–Trinajstić information content (AvgIpc) is 2.91. The molecule has 1 amide bonds. The molecular formula is C17H25NO3S. The molecule has 1 aliphatic rings. The molecule has 1 saturated heterocycles. The van der Waals surface area contributed by atoms with Gasteiger partial charge in [-0.05, 0) is 57.6 Å². The topological polar surface area (TPSA) is 57.6 Å². The van der Waals surface area contributed by atoms with Gasteiger partial charge in [-0.1, -0.05) is 0 Å². The van der Waals surface area contributed by atoms with Crippen molar-refractivity contribution in [3.05, 3.63) is 21.9 Å². The van der Waals surface area contributed by atoms with Crippen molar-refractivity contribution in [1.82, 2.24) is 4.90 Å². The summed E-state index contributed by atoms with van der Waals surface area (Å²) in [4.78, 5) is 27.8. The molecule has 5 heteroatoms. The summed E-state index contributed by atoms with van der Waals surface area (Å²) in [7, 11) is 0. The minimum atomic E-state index is -0.772. The zero-order valence-electron chi connectivity index (χ0n) is 13.2. The molecule has 0 unspecified atom stereocenters. The second kappa shape index (κ2) is 8.32. The lowest BCUT2D eigenvalue weighted by atomic mass is 9.97. The highest BCUT2D eigenvalue weighted by molar-refractivity contribution is 7.11. The van der Waals surface area contributed by atoms with Gasteiger partial charge in [0.1, 0.15) is 0 Å². The molecule has 0 bridgehead atoms. The minimum Gasteiger partial charge on any atom is -0.481 e. The molecular weight excluding hydrogens is 298 g/mol. The fourth-order valence-electron chi connectivity index (χ4n) is 3.10. The molecule has 1 aromatic heterocycles. The van der Waals surface area contributed by atoms with Gasteiger partial charge in [-0.15, -0.1) is 11.3 Å². The van der Waals surface area contributed by atoms with Crippen LogP contribution in [0.4, 0.5) is 0 Å². The molecule has 0 aliphatic carbocycles. The number of carbonyl (C=O) groups excluding carboxylic acids is 1. The zero-order valence-corrected chi connectivity index (χ0v) is 14.0. The molecule has 0 saturated carbocycles. The first-order valence-electron chi connectivity index (χ1n) is 8.13. The van der Waals surface area contributed by atoms with Crippen LogP contribution < -0.4 is 0 Å². The minimum absolute atomic E-state index is 0.126. The maximum Gasteiger partial charge on any atom is 0.303 e. The predicted molar refractivity (Wildman–Crippen MR) is 88.2 cm³/mol. The van der Waals surface area contributed by atoms with Gasteiger partial charge >= 0.3 is 5.97 Å². The van der Waals surface area contributed by atoms with Crippen LogP contribution in [0.25, 0.3) is 0 Å². The van der Waals surface area contributed by atoms with Gasteiger partial charge < -0.3 is 10.0 Å². The average molecular weight is 323 g/mol. The Kier molecular flexibility index (Phi) is 6.43.